The number of thiol groups is 1. The van der Waals surface area contributed by atoms with Gasteiger partial charge in [-0.05, 0) is 5.75 Å². The molecule has 0 spiro atoms. The SMILES string of the molecule is NCNC(=O)CCS. The Kier molecular flexibility index (Phi) is 4.79. The first-order valence-corrected chi connectivity index (χ1v) is 3.02. The quantitative estimate of drug-likeness (QED) is 0.354. The third-order valence-electron chi connectivity index (χ3n) is 0.638. The van der Waals surface area contributed by atoms with Crippen LogP contribution in [-0.2, 0) is 4.79 Å². The summed E-state index contributed by atoms with van der Waals surface area (Å²) >= 11 is 3.85. The smallest absolute Gasteiger partial charge is 0.221 e. The summed E-state index contributed by atoms with van der Waals surface area (Å²) in [6.07, 6.45) is 0.445. The zero-order chi connectivity index (χ0) is 6.41. The fourth-order valence-corrected chi connectivity index (χ4v) is 0.507. The molecule has 0 saturated carbocycles. The number of nitrogens with one attached hydrogen (secondary N) is 1. The van der Waals surface area contributed by atoms with E-state index in [9.17, 15) is 4.79 Å². The Hall–Kier alpha value is -0.220. The summed E-state index contributed by atoms with van der Waals surface area (Å²) in [7, 11) is 0. The highest BCUT2D eigenvalue weighted by molar-refractivity contribution is 7.80. The molecular weight excluding hydrogens is 124 g/mol. The van der Waals surface area contributed by atoms with E-state index in [4.69, 9.17) is 5.73 Å². The van der Waals surface area contributed by atoms with Gasteiger partial charge in [0.15, 0.2) is 0 Å². The molecule has 0 aromatic carbocycles. The van der Waals surface area contributed by atoms with Crippen LogP contribution in [0, 0.1) is 0 Å². The highest BCUT2D eigenvalue weighted by atomic mass is 32.1. The van der Waals surface area contributed by atoms with Crippen molar-refractivity contribution in [2.24, 2.45) is 5.73 Å². The van der Waals surface area contributed by atoms with Crippen LogP contribution in [0.2, 0.25) is 0 Å². The lowest BCUT2D eigenvalue weighted by molar-refractivity contribution is -0.120. The van der Waals surface area contributed by atoms with Gasteiger partial charge in [0.05, 0.1) is 6.67 Å². The Morgan fingerprint density at radius 1 is 1.75 bits per heavy atom. The Labute approximate surface area is 54.0 Å². The standard InChI is InChI=1S/C4H10N2OS/c5-3-6-4(7)1-2-8/h8H,1-3,5H2,(H,6,7). The zero-order valence-corrected chi connectivity index (χ0v) is 5.45. The van der Waals surface area contributed by atoms with Gasteiger partial charge in [-0.3, -0.25) is 4.79 Å². The van der Waals surface area contributed by atoms with Crippen molar-refractivity contribution in [2.75, 3.05) is 12.4 Å². The van der Waals surface area contributed by atoms with Crippen LogP contribution in [0.4, 0.5) is 0 Å². The van der Waals surface area contributed by atoms with Gasteiger partial charge < -0.3 is 11.1 Å². The van der Waals surface area contributed by atoms with E-state index in [0.717, 1.165) is 0 Å². The van der Waals surface area contributed by atoms with Crippen LogP contribution in [-0.4, -0.2) is 18.3 Å². The minimum atomic E-state index is -0.0394. The van der Waals surface area contributed by atoms with E-state index in [1.54, 1.807) is 0 Å². The van der Waals surface area contributed by atoms with Gasteiger partial charge in [-0.2, -0.15) is 12.6 Å². The molecule has 0 aromatic heterocycles. The molecule has 1 amide bonds. The van der Waals surface area contributed by atoms with Crippen LogP contribution in [0.3, 0.4) is 0 Å². The lowest BCUT2D eigenvalue weighted by Gasteiger charge is -1.96. The van der Waals surface area contributed by atoms with Gasteiger partial charge >= 0.3 is 0 Å². The fourth-order valence-electron chi connectivity index (χ4n) is 0.304. The second-order valence-electron chi connectivity index (χ2n) is 1.28. The number of hydrogen-bond donors (Lipinski definition) is 3. The molecule has 0 atom stereocenters. The van der Waals surface area contributed by atoms with Crippen LogP contribution in [0.1, 0.15) is 6.42 Å². The first-order valence-electron chi connectivity index (χ1n) is 2.39. The van der Waals surface area contributed by atoms with E-state index in [1.807, 2.05) is 0 Å². The van der Waals surface area contributed by atoms with Crippen LogP contribution in [0.15, 0.2) is 0 Å². The van der Waals surface area contributed by atoms with E-state index in [2.05, 4.69) is 17.9 Å². The van der Waals surface area contributed by atoms with E-state index in [1.165, 1.54) is 0 Å². The molecule has 0 saturated heterocycles. The lowest BCUT2D eigenvalue weighted by Crippen LogP contribution is -2.29. The molecule has 0 rings (SSSR count). The molecule has 0 fully saturated rings. The number of hydrogen-bond acceptors (Lipinski definition) is 3. The van der Waals surface area contributed by atoms with Gasteiger partial charge in [0.25, 0.3) is 0 Å². The Morgan fingerprint density at radius 3 is 2.75 bits per heavy atom. The van der Waals surface area contributed by atoms with E-state index in [0.29, 0.717) is 12.2 Å². The summed E-state index contributed by atoms with van der Waals surface area (Å²) in [4.78, 5) is 10.4. The van der Waals surface area contributed by atoms with Crippen molar-refractivity contribution in [1.82, 2.24) is 5.32 Å². The van der Waals surface area contributed by atoms with Crippen LogP contribution in [0.25, 0.3) is 0 Å². The molecule has 4 heteroatoms. The topological polar surface area (TPSA) is 55.1 Å². The van der Waals surface area contributed by atoms with Crippen molar-refractivity contribution in [3.8, 4) is 0 Å². The summed E-state index contributed by atoms with van der Waals surface area (Å²) in [5.74, 6) is 0.536. The van der Waals surface area contributed by atoms with Gasteiger partial charge in [-0.1, -0.05) is 0 Å². The molecule has 0 radical (unpaired) electrons. The first-order chi connectivity index (χ1) is 3.81. The molecule has 0 aromatic rings. The van der Waals surface area contributed by atoms with Crippen molar-refractivity contribution in [2.45, 2.75) is 6.42 Å². The Morgan fingerprint density at radius 2 is 2.38 bits per heavy atom. The average molecular weight is 134 g/mol. The molecule has 3 N–H and O–H groups in total. The number of rotatable bonds is 3. The molecule has 0 aliphatic carbocycles. The minimum Gasteiger partial charge on any atom is -0.344 e. The molecule has 0 aliphatic rings. The van der Waals surface area contributed by atoms with Crippen molar-refractivity contribution >= 4 is 18.5 Å². The highest BCUT2D eigenvalue weighted by Gasteiger charge is 1.93. The summed E-state index contributed by atoms with van der Waals surface area (Å²) < 4.78 is 0. The summed E-state index contributed by atoms with van der Waals surface area (Å²) in [5.41, 5.74) is 5.00. The van der Waals surface area contributed by atoms with E-state index in [-0.39, 0.29) is 12.6 Å². The van der Waals surface area contributed by atoms with Gasteiger partial charge in [-0.15, -0.1) is 0 Å². The number of carbonyl (C=O) groups is 1. The van der Waals surface area contributed by atoms with Crippen LogP contribution < -0.4 is 11.1 Å². The zero-order valence-electron chi connectivity index (χ0n) is 4.55. The van der Waals surface area contributed by atoms with Gasteiger partial charge in [0.1, 0.15) is 0 Å². The van der Waals surface area contributed by atoms with E-state index < -0.39 is 0 Å². The first kappa shape index (κ1) is 7.78. The third-order valence-corrected chi connectivity index (χ3v) is 0.862. The largest absolute Gasteiger partial charge is 0.344 e. The highest BCUT2D eigenvalue weighted by Crippen LogP contribution is 1.80. The predicted octanol–water partition coefficient (Wildman–Crippen LogP) is -0.661. The molecule has 0 heterocycles. The maximum absolute atomic E-state index is 10.4. The van der Waals surface area contributed by atoms with E-state index >= 15 is 0 Å². The van der Waals surface area contributed by atoms with Crippen LogP contribution in [0.5, 0.6) is 0 Å². The predicted molar refractivity (Wildman–Crippen MR) is 35.7 cm³/mol. The third kappa shape index (κ3) is 3.95. The van der Waals surface area contributed by atoms with Gasteiger partial charge in [0.2, 0.25) is 5.91 Å². The maximum atomic E-state index is 10.4. The molecule has 3 nitrogen and oxygen atoms in total. The molecule has 48 valence electrons. The lowest BCUT2D eigenvalue weighted by atomic mass is 10.5. The number of carbonyl (C=O) groups excluding carboxylic acids is 1. The van der Waals surface area contributed by atoms with Crippen molar-refractivity contribution in [3.63, 3.8) is 0 Å². The average Bonchev–Trinajstić information content (AvgIpc) is 1.68. The summed E-state index contributed by atoms with van der Waals surface area (Å²) in [5, 5.41) is 2.44. The number of amides is 1. The summed E-state index contributed by atoms with van der Waals surface area (Å²) in [6.45, 7) is 0.215. The molecular formula is C4H10N2OS. The molecule has 0 bridgehead atoms. The monoisotopic (exact) mass is 134 g/mol. The number of nitrogens with two attached hydrogens (primary N) is 1. The maximum Gasteiger partial charge on any atom is 0.221 e. The van der Waals surface area contributed by atoms with Gasteiger partial charge in [0, 0.05) is 6.42 Å². The van der Waals surface area contributed by atoms with Crippen molar-refractivity contribution in [1.29, 1.82) is 0 Å². The normalized spacial score (nSPS) is 8.75. The summed E-state index contributed by atoms with van der Waals surface area (Å²) in [6, 6.07) is 0. The minimum absolute atomic E-state index is 0.0394. The van der Waals surface area contributed by atoms with Crippen molar-refractivity contribution in [3.05, 3.63) is 0 Å². The molecule has 0 aliphatic heterocycles. The molecule has 8 heavy (non-hydrogen) atoms. The second-order valence-corrected chi connectivity index (χ2v) is 1.72. The fraction of sp³-hybridized carbons (Fsp3) is 0.750. The Bertz CT molecular complexity index is 68.4. The van der Waals surface area contributed by atoms with Gasteiger partial charge in [-0.25, -0.2) is 0 Å². The van der Waals surface area contributed by atoms with Crippen molar-refractivity contribution < 1.29 is 4.79 Å². The Balaban J connectivity index is 3.06. The molecule has 0 unspecified atom stereocenters. The second kappa shape index (κ2) is 4.93. The van der Waals surface area contributed by atoms with Crippen LogP contribution >= 0.6 is 12.6 Å².